The van der Waals surface area contributed by atoms with Crippen molar-refractivity contribution in [1.29, 1.82) is 0 Å². The SMILES string of the molecule is Cc1cccc(-n2c(=O)c3ccccc3n3nnnc23)c1. The maximum absolute atomic E-state index is 12.8. The summed E-state index contributed by atoms with van der Waals surface area (Å²) in [4.78, 5) is 12.8. The van der Waals surface area contributed by atoms with E-state index >= 15 is 0 Å². The van der Waals surface area contributed by atoms with Crippen LogP contribution in [-0.4, -0.2) is 24.6 Å². The zero-order chi connectivity index (χ0) is 14.4. The van der Waals surface area contributed by atoms with Gasteiger partial charge < -0.3 is 0 Å². The highest BCUT2D eigenvalue weighted by Crippen LogP contribution is 2.15. The second-order valence-electron chi connectivity index (χ2n) is 4.89. The Kier molecular flexibility index (Phi) is 2.38. The van der Waals surface area contributed by atoms with Crippen LogP contribution in [0.3, 0.4) is 0 Å². The zero-order valence-corrected chi connectivity index (χ0v) is 11.3. The first-order chi connectivity index (χ1) is 10.3. The van der Waals surface area contributed by atoms with Crippen molar-refractivity contribution < 1.29 is 0 Å². The molecule has 0 atom stereocenters. The second-order valence-corrected chi connectivity index (χ2v) is 4.89. The van der Waals surface area contributed by atoms with E-state index < -0.39 is 0 Å². The van der Waals surface area contributed by atoms with Crippen LogP contribution < -0.4 is 5.56 Å². The summed E-state index contributed by atoms with van der Waals surface area (Å²) in [5.41, 5.74) is 2.40. The van der Waals surface area contributed by atoms with Gasteiger partial charge in [-0.1, -0.05) is 29.4 Å². The van der Waals surface area contributed by atoms with Crippen LogP contribution in [0.15, 0.2) is 53.3 Å². The van der Waals surface area contributed by atoms with E-state index in [-0.39, 0.29) is 5.56 Å². The molecule has 0 spiro atoms. The van der Waals surface area contributed by atoms with Crippen LogP contribution in [0.25, 0.3) is 22.4 Å². The summed E-state index contributed by atoms with van der Waals surface area (Å²) in [5.74, 6) is 0.407. The molecule has 2 aromatic carbocycles. The summed E-state index contributed by atoms with van der Waals surface area (Å²) < 4.78 is 3.12. The van der Waals surface area contributed by atoms with Gasteiger partial charge in [-0.15, -0.1) is 0 Å². The molecule has 4 rings (SSSR count). The molecular formula is C15H11N5O. The summed E-state index contributed by atoms with van der Waals surface area (Å²) in [7, 11) is 0. The Morgan fingerprint density at radius 3 is 2.76 bits per heavy atom. The van der Waals surface area contributed by atoms with Crippen LogP contribution in [0.5, 0.6) is 0 Å². The number of rotatable bonds is 1. The lowest BCUT2D eigenvalue weighted by Gasteiger charge is -2.09. The summed E-state index contributed by atoms with van der Waals surface area (Å²) in [6.07, 6.45) is 0. The van der Waals surface area contributed by atoms with Gasteiger partial charge in [-0.3, -0.25) is 4.79 Å². The Morgan fingerprint density at radius 1 is 1.05 bits per heavy atom. The Bertz CT molecular complexity index is 1030. The van der Waals surface area contributed by atoms with Crippen LogP contribution in [0, 0.1) is 6.92 Å². The molecule has 6 heteroatoms. The molecule has 0 fully saturated rings. The van der Waals surface area contributed by atoms with Gasteiger partial charge >= 0.3 is 0 Å². The Hall–Kier alpha value is -3.02. The lowest BCUT2D eigenvalue weighted by Crippen LogP contribution is -2.22. The van der Waals surface area contributed by atoms with E-state index in [1.807, 2.05) is 49.4 Å². The van der Waals surface area contributed by atoms with E-state index in [9.17, 15) is 4.79 Å². The number of tetrazole rings is 1. The van der Waals surface area contributed by atoms with Gasteiger partial charge in [0.1, 0.15) is 0 Å². The number of nitrogens with zero attached hydrogens (tertiary/aromatic N) is 5. The minimum atomic E-state index is -0.126. The summed E-state index contributed by atoms with van der Waals surface area (Å²) in [6.45, 7) is 1.98. The average Bonchev–Trinajstić information content (AvgIpc) is 2.97. The molecule has 0 aliphatic rings. The van der Waals surface area contributed by atoms with Crippen molar-refractivity contribution in [3.8, 4) is 5.69 Å². The zero-order valence-electron chi connectivity index (χ0n) is 11.3. The molecule has 6 nitrogen and oxygen atoms in total. The molecule has 4 aromatic rings. The van der Waals surface area contributed by atoms with Crippen molar-refractivity contribution in [2.45, 2.75) is 6.92 Å². The highest BCUT2D eigenvalue weighted by molar-refractivity contribution is 5.80. The van der Waals surface area contributed by atoms with Crippen molar-refractivity contribution in [3.63, 3.8) is 0 Å². The van der Waals surface area contributed by atoms with E-state index in [1.54, 1.807) is 10.6 Å². The van der Waals surface area contributed by atoms with Gasteiger partial charge in [0.25, 0.3) is 11.3 Å². The maximum atomic E-state index is 12.8. The van der Waals surface area contributed by atoms with Gasteiger partial charge in [0.15, 0.2) is 0 Å². The van der Waals surface area contributed by atoms with Crippen molar-refractivity contribution >= 4 is 16.7 Å². The molecular weight excluding hydrogens is 266 g/mol. The monoisotopic (exact) mass is 277 g/mol. The molecule has 0 radical (unpaired) electrons. The lowest BCUT2D eigenvalue weighted by molar-refractivity contribution is 0.836. The van der Waals surface area contributed by atoms with Gasteiger partial charge in [-0.25, -0.2) is 4.57 Å². The lowest BCUT2D eigenvalue weighted by atomic mass is 10.2. The number of para-hydroxylation sites is 1. The highest BCUT2D eigenvalue weighted by atomic mass is 16.1. The van der Waals surface area contributed by atoms with Crippen molar-refractivity contribution in [1.82, 2.24) is 24.6 Å². The molecule has 0 unspecified atom stereocenters. The third-order valence-electron chi connectivity index (χ3n) is 3.48. The molecule has 0 bridgehead atoms. The molecule has 102 valence electrons. The molecule has 0 N–H and O–H groups in total. The fraction of sp³-hybridized carbons (Fsp3) is 0.0667. The van der Waals surface area contributed by atoms with Gasteiger partial charge in [-0.05, 0) is 47.2 Å². The topological polar surface area (TPSA) is 65.1 Å². The third kappa shape index (κ3) is 1.66. The number of benzene rings is 2. The van der Waals surface area contributed by atoms with E-state index in [0.29, 0.717) is 16.7 Å². The van der Waals surface area contributed by atoms with Crippen molar-refractivity contribution in [2.75, 3.05) is 0 Å². The van der Waals surface area contributed by atoms with Crippen molar-refractivity contribution in [3.05, 3.63) is 64.4 Å². The van der Waals surface area contributed by atoms with Crippen LogP contribution in [0.4, 0.5) is 0 Å². The average molecular weight is 277 g/mol. The molecule has 0 saturated carbocycles. The van der Waals surface area contributed by atoms with Crippen LogP contribution in [-0.2, 0) is 0 Å². The van der Waals surface area contributed by atoms with Crippen LogP contribution in [0.2, 0.25) is 0 Å². The van der Waals surface area contributed by atoms with Gasteiger partial charge in [0.2, 0.25) is 0 Å². The Morgan fingerprint density at radius 2 is 1.90 bits per heavy atom. The van der Waals surface area contributed by atoms with Crippen LogP contribution in [0.1, 0.15) is 5.56 Å². The molecule has 0 aliphatic carbocycles. The minimum absolute atomic E-state index is 0.126. The smallest absolute Gasteiger partial charge is 0.267 e. The van der Waals surface area contributed by atoms with E-state index in [4.69, 9.17) is 0 Å². The van der Waals surface area contributed by atoms with E-state index in [0.717, 1.165) is 11.3 Å². The van der Waals surface area contributed by atoms with Gasteiger partial charge in [-0.2, -0.15) is 4.52 Å². The number of aryl methyl sites for hydroxylation is 1. The summed E-state index contributed by atoms with van der Waals surface area (Å²) in [6, 6.07) is 15.0. The number of aromatic nitrogens is 5. The van der Waals surface area contributed by atoms with Gasteiger partial charge in [0.05, 0.1) is 16.6 Å². The highest BCUT2D eigenvalue weighted by Gasteiger charge is 2.14. The summed E-state index contributed by atoms with van der Waals surface area (Å²) in [5, 5.41) is 12.3. The fourth-order valence-corrected chi connectivity index (χ4v) is 2.53. The predicted molar refractivity (Wildman–Crippen MR) is 78.6 cm³/mol. The second kappa shape index (κ2) is 4.24. The molecule has 2 heterocycles. The fourth-order valence-electron chi connectivity index (χ4n) is 2.53. The predicted octanol–water partition coefficient (Wildman–Crippen LogP) is 1.74. The largest absolute Gasteiger partial charge is 0.268 e. The van der Waals surface area contributed by atoms with E-state index in [1.165, 1.54) is 4.57 Å². The molecule has 0 saturated heterocycles. The van der Waals surface area contributed by atoms with Gasteiger partial charge in [0, 0.05) is 0 Å². The maximum Gasteiger partial charge on any atom is 0.267 e. The standard InChI is InChI=1S/C15H11N5O/c1-10-5-4-6-11(9-10)19-14(21)12-7-2-3-8-13(12)20-15(19)16-17-18-20/h2-9H,1H3. The quantitative estimate of drug-likeness (QED) is 0.531. The number of fused-ring (bicyclic) bond motifs is 3. The molecule has 0 aliphatic heterocycles. The number of hydrogen-bond donors (Lipinski definition) is 0. The van der Waals surface area contributed by atoms with E-state index in [2.05, 4.69) is 15.5 Å². The normalized spacial score (nSPS) is 11.3. The molecule has 21 heavy (non-hydrogen) atoms. The molecule has 0 amide bonds. The first kappa shape index (κ1) is 11.8. The Labute approximate surface area is 119 Å². The minimum Gasteiger partial charge on any atom is -0.268 e. The Balaban J connectivity index is 2.24. The first-order valence-corrected chi connectivity index (χ1v) is 6.54. The number of hydrogen-bond acceptors (Lipinski definition) is 4. The molecule has 2 aromatic heterocycles. The third-order valence-corrected chi connectivity index (χ3v) is 3.48. The summed E-state index contributed by atoms with van der Waals surface area (Å²) >= 11 is 0. The first-order valence-electron chi connectivity index (χ1n) is 6.54. The van der Waals surface area contributed by atoms with Crippen molar-refractivity contribution in [2.24, 2.45) is 0 Å². The van der Waals surface area contributed by atoms with Crippen LogP contribution >= 0.6 is 0 Å².